The van der Waals surface area contributed by atoms with Gasteiger partial charge in [-0.25, -0.2) is 9.78 Å². The second-order valence-electron chi connectivity index (χ2n) is 4.75. The van der Waals surface area contributed by atoms with Crippen molar-refractivity contribution in [3.63, 3.8) is 0 Å². The molecule has 1 saturated heterocycles. The van der Waals surface area contributed by atoms with E-state index in [0.29, 0.717) is 11.4 Å². The van der Waals surface area contributed by atoms with Crippen molar-refractivity contribution < 1.29 is 9.90 Å². The van der Waals surface area contributed by atoms with Gasteiger partial charge >= 0.3 is 5.97 Å². The Morgan fingerprint density at radius 2 is 2.21 bits per heavy atom. The number of piperidine rings is 1. The zero-order chi connectivity index (χ0) is 13.4. The van der Waals surface area contributed by atoms with Crippen LogP contribution in [0.3, 0.4) is 0 Å². The fourth-order valence-corrected chi connectivity index (χ4v) is 2.94. The lowest BCUT2D eigenvalue weighted by molar-refractivity contribution is 0.0693. The number of aromatic carboxylic acids is 1. The molecule has 2 N–H and O–H groups in total. The predicted octanol–water partition coefficient (Wildman–Crippen LogP) is 2.26. The van der Waals surface area contributed by atoms with Gasteiger partial charge in [-0.1, -0.05) is 15.9 Å². The molecule has 1 aliphatic heterocycles. The summed E-state index contributed by atoms with van der Waals surface area (Å²) in [5, 5.41) is 12.6. The smallest absolute Gasteiger partial charge is 0.356 e. The third-order valence-corrected chi connectivity index (χ3v) is 4.03. The molecule has 6 heteroatoms. The Hall–Kier alpha value is -1.40. The van der Waals surface area contributed by atoms with Crippen LogP contribution >= 0.6 is 15.9 Å². The molecule has 1 fully saturated rings. The average molecular weight is 324 g/mol. The van der Waals surface area contributed by atoms with Crippen molar-refractivity contribution >= 4 is 27.4 Å². The zero-order valence-electron chi connectivity index (χ0n) is 10.3. The molecule has 0 unspecified atom stereocenters. The summed E-state index contributed by atoms with van der Waals surface area (Å²) < 4.78 is 2.77. The van der Waals surface area contributed by atoms with E-state index >= 15 is 0 Å². The van der Waals surface area contributed by atoms with E-state index in [0.717, 1.165) is 36.2 Å². The Kier molecular flexibility index (Phi) is 3.28. The number of nitrogens with zero attached hydrogens (tertiary/aromatic N) is 2. The fourth-order valence-electron chi connectivity index (χ4n) is 2.61. The summed E-state index contributed by atoms with van der Waals surface area (Å²) in [5.41, 5.74) is 0.783. The lowest BCUT2D eigenvalue weighted by Crippen LogP contribution is -2.27. The molecule has 0 bridgehead atoms. The monoisotopic (exact) mass is 323 g/mol. The Balaban J connectivity index is 2.16. The van der Waals surface area contributed by atoms with Crippen LogP contribution in [0, 0.1) is 0 Å². The molecule has 0 atom stereocenters. The highest BCUT2D eigenvalue weighted by Gasteiger charge is 2.24. The first-order valence-electron chi connectivity index (χ1n) is 6.28. The number of fused-ring (bicyclic) bond motifs is 1. The Morgan fingerprint density at radius 3 is 2.89 bits per heavy atom. The Bertz CT molecular complexity index is 632. The third kappa shape index (κ3) is 2.26. The van der Waals surface area contributed by atoms with E-state index in [2.05, 4.69) is 26.2 Å². The van der Waals surface area contributed by atoms with E-state index in [1.807, 2.05) is 16.7 Å². The number of carboxylic acid groups (broad SMARTS) is 1. The number of pyridine rings is 1. The van der Waals surface area contributed by atoms with E-state index in [9.17, 15) is 9.90 Å². The number of carboxylic acids is 1. The lowest BCUT2D eigenvalue weighted by Gasteiger charge is -2.21. The molecule has 2 aromatic rings. The van der Waals surface area contributed by atoms with Crippen LogP contribution in [0.1, 0.15) is 35.1 Å². The predicted molar refractivity (Wildman–Crippen MR) is 74.7 cm³/mol. The highest BCUT2D eigenvalue weighted by molar-refractivity contribution is 9.10. The second-order valence-corrected chi connectivity index (χ2v) is 5.66. The number of carbonyl (C=O) groups is 1. The van der Waals surface area contributed by atoms with E-state index in [1.54, 1.807) is 6.07 Å². The van der Waals surface area contributed by atoms with Crippen molar-refractivity contribution in [2.24, 2.45) is 0 Å². The van der Waals surface area contributed by atoms with Gasteiger partial charge in [0.05, 0.1) is 5.52 Å². The van der Waals surface area contributed by atoms with Gasteiger partial charge in [-0.15, -0.1) is 0 Å². The van der Waals surface area contributed by atoms with Gasteiger partial charge in [0.2, 0.25) is 0 Å². The highest BCUT2D eigenvalue weighted by atomic mass is 79.9. The van der Waals surface area contributed by atoms with Crippen LogP contribution in [0.15, 0.2) is 22.8 Å². The average Bonchev–Trinajstić information content (AvgIpc) is 2.78. The highest BCUT2D eigenvalue weighted by Crippen LogP contribution is 2.28. The second kappa shape index (κ2) is 4.94. The summed E-state index contributed by atoms with van der Waals surface area (Å²) in [6.45, 7) is 1.91. The third-order valence-electron chi connectivity index (χ3n) is 3.54. The maximum absolute atomic E-state index is 11.3. The Morgan fingerprint density at radius 1 is 1.47 bits per heavy atom. The van der Waals surface area contributed by atoms with E-state index in [1.165, 1.54) is 0 Å². The van der Waals surface area contributed by atoms with Crippen molar-refractivity contribution in [3.05, 3.63) is 34.3 Å². The summed E-state index contributed by atoms with van der Waals surface area (Å²) >= 11 is 3.38. The number of nitrogens with one attached hydrogen (secondary N) is 1. The van der Waals surface area contributed by atoms with Gasteiger partial charge in [0, 0.05) is 16.6 Å². The van der Waals surface area contributed by atoms with Crippen molar-refractivity contribution in [1.29, 1.82) is 0 Å². The molecule has 3 heterocycles. The quantitative estimate of drug-likeness (QED) is 0.889. The summed E-state index contributed by atoms with van der Waals surface area (Å²) in [6.07, 6.45) is 3.87. The minimum atomic E-state index is -0.976. The maximum atomic E-state index is 11.3. The zero-order valence-corrected chi connectivity index (χ0v) is 11.9. The molecule has 19 heavy (non-hydrogen) atoms. The minimum absolute atomic E-state index is 0.134. The molecule has 0 saturated carbocycles. The Labute approximate surface area is 118 Å². The first kappa shape index (κ1) is 12.6. The van der Waals surface area contributed by atoms with Crippen LogP contribution in [0.5, 0.6) is 0 Å². The molecular formula is C13H14BrN3O2. The van der Waals surface area contributed by atoms with Crippen molar-refractivity contribution in [2.45, 2.75) is 18.8 Å². The van der Waals surface area contributed by atoms with Gasteiger partial charge in [0.15, 0.2) is 5.69 Å². The minimum Gasteiger partial charge on any atom is -0.476 e. The normalized spacial score (nSPS) is 16.9. The fraction of sp³-hybridized carbons (Fsp3) is 0.385. The topological polar surface area (TPSA) is 66.6 Å². The molecule has 2 aromatic heterocycles. The molecule has 0 aromatic carbocycles. The molecule has 0 aliphatic carbocycles. The van der Waals surface area contributed by atoms with Crippen molar-refractivity contribution in [2.75, 3.05) is 13.1 Å². The largest absolute Gasteiger partial charge is 0.476 e. The molecule has 5 nitrogen and oxygen atoms in total. The van der Waals surface area contributed by atoms with Crippen LogP contribution in [-0.2, 0) is 0 Å². The molecular weight excluding hydrogens is 310 g/mol. The van der Waals surface area contributed by atoms with E-state index in [4.69, 9.17) is 0 Å². The van der Waals surface area contributed by atoms with Gasteiger partial charge in [-0.05, 0) is 38.1 Å². The summed E-state index contributed by atoms with van der Waals surface area (Å²) in [4.78, 5) is 15.7. The first-order valence-corrected chi connectivity index (χ1v) is 7.07. The first-order chi connectivity index (χ1) is 9.16. The number of hydrogen-bond donors (Lipinski definition) is 2. The number of aromatic nitrogens is 2. The van der Waals surface area contributed by atoms with Crippen LogP contribution in [0.2, 0.25) is 0 Å². The van der Waals surface area contributed by atoms with Crippen LogP contribution < -0.4 is 5.32 Å². The number of rotatable bonds is 2. The lowest BCUT2D eigenvalue weighted by atomic mass is 9.97. The maximum Gasteiger partial charge on any atom is 0.356 e. The SMILES string of the molecule is O=C(O)c1nc(C2CCNCC2)n2ccc(Br)cc12. The molecule has 100 valence electrons. The summed E-state index contributed by atoms with van der Waals surface area (Å²) in [6, 6.07) is 3.71. The van der Waals surface area contributed by atoms with Crippen LogP contribution in [0.25, 0.3) is 5.52 Å². The molecule has 0 radical (unpaired) electrons. The number of imidazole rings is 1. The van der Waals surface area contributed by atoms with Gasteiger partial charge in [0.1, 0.15) is 5.82 Å². The van der Waals surface area contributed by atoms with Crippen LogP contribution in [0.4, 0.5) is 0 Å². The molecule has 3 rings (SSSR count). The summed E-state index contributed by atoms with van der Waals surface area (Å²) in [5.74, 6) is 0.209. The standard InChI is InChI=1S/C13H14BrN3O2/c14-9-3-6-17-10(7-9)11(13(18)19)16-12(17)8-1-4-15-5-2-8/h3,6-8,15H,1-2,4-5H2,(H,18,19). The van der Waals surface area contributed by atoms with Gasteiger partial charge in [0.25, 0.3) is 0 Å². The van der Waals surface area contributed by atoms with Gasteiger partial charge < -0.3 is 14.8 Å². The molecule has 0 spiro atoms. The summed E-state index contributed by atoms with van der Waals surface area (Å²) in [7, 11) is 0. The molecule has 1 aliphatic rings. The van der Waals surface area contributed by atoms with E-state index in [-0.39, 0.29) is 5.69 Å². The van der Waals surface area contributed by atoms with Crippen molar-refractivity contribution in [3.8, 4) is 0 Å². The molecule has 0 amide bonds. The van der Waals surface area contributed by atoms with Crippen molar-refractivity contribution in [1.82, 2.24) is 14.7 Å². The van der Waals surface area contributed by atoms with E-state index < -0.39 is 5.97 Å². The van der Waals surface area contributed by atoms with Gasteiger partial charge in [-0.2, -0.15) is 0 Å². The number of halogens is 1. The number of hydrogen-bond acceptors (Lipinski definition) is 3. The van der Waals surface area contributed by atoms with Crippen LogP contribution in [-0.4, -0.2) is 33.6 Å². The van der Waals surface area contributed by atoms with Gasteiger partial charge in [-0.3, -0.25) is 0 Å².